The molecule has 1 aliphatic carbocycles. The molecule has 1 unspecified atom stereocenters. The molecule has 116 valence electrons. The van der Waals surface area contributed by atoms with Gasteiger partial charge >= 0.3 is 12.0 Å². The number of carboxylic acids is 1. The van der Waals surface area contributed by atoms with Crippen LogP contribution in [0.1, 0.15) is 37.9 Å². The number of hydrogen-bond acceptors (Lipinski definition) is 5. The highest BCUT2D eigenvalue weighted by atomic mass is 16.5. The number of carbonyl (C=O) groups excluding carboxylic acids is 1. The minimum atomic E-state index is -0.977. The fraction of sp³-hybridized carbons (Fsp3) is 0.692. The summed E-state index contributed by atoms with van der Waals surface area (Å²) in [7, 11) is 0. The summed E-state index contributed by atoms with van der Waals surface area (Å²) >= 11 is 0. The molecule has 0 saturated heterocycles. The molecule has 0 aliphatic heterocycles. The number of aliphatic carboxylic acids is 1. The summed E-state index contributed by atoms with van der Waals surface area (Å²) in [5.74, 6) is -0.466. The lowest BCUT2D eigenvalue weighted by molar-refractivity contribution is -0.141. The zero-order valence-electron chi connectivity index (χ0n) is 11.7. The van der Waals surface area contributed by atoms with Gasteiger partial charge in [-0.25, -0.2) is 9.59 Å². The Morgan fingerprint density at radius 3 is 2.76 bits per heavy atom. The van der Waals surface area contributed by atoms with Gasteiger partial charge in [-0.05, 0) is 18.8 Å². The lowest BCUT2D eigenvalue weighted by Crippen LogP contribution is -2.50. The van der Waals surface area contributed by atoms with Gasteiger partial charge in [0.15, 0.2) is 5.82 Å². The van der Waals surface area contributed by atoms with Crippen molar-refractivity contribution in [3.63, 3.8) is 0 Å². The fourth-order valence-corrected chi connectivity index (χ4v) is 2.63. The van der Waals surface area contributed by atoms with Crippen LogP contribution >= 0.6 is 0 Å². The molecule has 0 bridgehead atoms. The Morgan fingerprint density at radius 2 is 2.14 bits per heavy atom. The lowest BCUT2D eigenvalue weighted by Gasteiger charge is -2.28. The molecule has 2 rings (SSSR count). The molecule has 1 saturated carbocycles. The molecule has 1 atom stereocenters. The van der Waals surface area contributed by atoms with Gasteiger partial charge in [0.05, 0.1) is 0 Å². The van der Waals surface area contributed by atoms with Crippen molar-refractivity contribution in [3.05, 3.63) is 12.2 Å². The number of aromatic nitrogens is 2. The Balaban J connectivity index is 1.76. The van der Waals surface area contributed by atoms with E-state index in [0.717, 1.165) is 32.1 Å². The van der Waals surface area contributed by atoms with E-state index in [1.165, 1.54) is 6.39 Å². The van der Waals surface area contributed by atoms with Crippen LogP contribution in [-0.4, -0.2) is 39.8 Å². The average Bonchev–Trinajstić information content (AvgIpc) is 2.98. The van der Waals surface area contributed by atoms with Gasteiger partial charge in [-0.15, -0.1) is 0 Å². The summed E-state index contributed by atoms with van der Waals surface area (Å²) in [6.07, 6.45) is 6.54. The highest BCUT2D eigenvalue weighted by Gasteiger charge is 2.30. The smallest absolute Gasteiger partial charge is 0.326 e. The van der Waals surface area contributed by atoms with E-state index >= 15 is 0 Å². The predicted octanol–water partition coefficient (Wildman–Crippen LogP) is 0.945. The number of nitrogens with one attached hydrogen (secondary N) is 2. The molecule has 1 aliphatic rings. The van der Waals surface area contributed by atoms with Crippen molar-refractivity contribution in [1.82, 2.24) is 20.8 Å². The van der Waals surface area contributed by atoms with Crippen LogP contribution < -0.4 is 10.6 Å². The first-order valence-corrected chi connectivity index (χ1v) is 7.19. The SMILES string of the molecule is O=C(NCCc1ncon1)NC(C(=O)O)C1CCCCC1. The molecule has 1 aromatic heterocycles. The van der Waals surface area contributed by atoms with E-state index in [4.69, 9.17) is 0 Å². The molecular weight excluding hydrogens is 276 g/mol. The van der Waals surface area contributed by atoms with Gasteiger partial charge in [0, 0.05) is 13.0 Å². The first-order chi connectivity index (χ1) is 10.2. The van der Waals surface area contributed by atoms with Crippen molar-refractivity contribution in [2.75, 3.05) is 6.54 Å². The topological polar surface area (TPSA) is 117 Å². The molecule has 8 heteroatoms. The van der Waals surface area contributed by atoms with Crippen molar-refractivity contribution >= 4 is 12.0 Å². The van der Waals surface area contributed by atoms with Crippen LogP contribution in [-0.2, 0) is 11.2 Å². The molecule has 0 spiro atoms. The summed E-state index contributed by atoms with van der Waals surface area (Å²) in [4.78, 5) is 26.9. The highest BCUT2D eigenvalue weighted by molar-refractivity contribution is 5.82. The molecule has 1 aromatic rings. The minimum absolute atomic E-state index is 0.0132. The second kappa shape index (κ2) is 7.61. The third-order valence-electron chi connectivity index (χ3n) is 3.71. The molecule has 0 aromatic carbocycles. The number of amides is 2. The Labute approximate surface area is 122 Å². The number of nitrogens with zero attached hydrogens (tertiary/aromatic N) is 2. The van der Waals surface area contributed by atoms with Gasteiger partial charge in [0.25, 0.3) is 0 Å². The van der Waals surface area contributed by atoms with E-state index in [2.05, 4.69) is 25.3 Å². The summed E-state index contributed by atoms with van der Waals surface area (Å²) < 4.78 is 4.58. The van der Waals surface area contributed by atoms with Gasteiger partial charge in [-0.1, -0.05) is 24.4 Å². The highest BCUT2D eigenvalue weighted by Crippen LogP contribution is 2.26. The third-order valence-corrected chi connectivity index (χ3v) is 3.71. The Bertz CT molecular complexity index is 457. The van der Waals surface area contributed by atoms with Crippen LogP contribution in [0.2, 0.25) is 0 Å². The maximum absolute atomic E-state index is 11.8. The summed E-state index contributed by atoms with van der Waals surface area (Å²) in [6.45, 7) is 0.322. The molecular formula is C13H20N4O4. The predicted molar refractivity (Wildman–Crippen MR) is 72.5 cm³/mol. The number of carboxylic acid groups (broad SMARTS) is 1. The van der Waals surface area contributed by atoms with Gasteiger partial charge in [-0.3, -0.25) is 0 Å². The van der Waals surface area contributed by atoms with Gasteiger partial charge < -0.3 is 20.3 Å². The molecule has 2 amide bonds. The summed E-state index contributed by atoms with van der Waals surface area (Å²) in [6, 6.07) is -1.30. The van der Waals surface area contributed by atoms with E-state index in [1.54, 1.807) is 0 Å². The van der Waals surface area contributed by atoms with E-state index in [-0.39, 0.29) is 5.92 Å². The second-order valence-corrected chi connectivity index (χ2v) is 5.21. The van der Waals surface area contributed by atoms with Crippen LogP contribution in [0.4, 0.5) is 4.79 Å². The Morgan fingerprint density at radius 1 is 1.38 bits per heavy atom. The fourth-order valence-electron chi connectivity index (χ4n) is 2.63. The quantitative estimate of drug-likeness (QED) is 0.719. The number of urea groups is 1. The Kier molecular flexibility index (Phi) is 5.53. The van der Waals surface area contributed by atoms with Crippen LogP contribution in [0.3, 0.4) is 0 Å². The van der Waals surface area contributed by atoms with E-state index in [9.17, 15) is 14.7 Å². The number of carbonyl (C=O) groups is 2. The van der Waals surface area contributed by atoms with Crippen LogP contribution in [0, 0.1) is 5.92 Å². The minimum Gasteiger partial charge on any atom is -0.480 e. The van der Waals surface area contributed by atoms with E-state index < -0.39 is 18.0 Å². The number of hydrogen-bond donors (Lipinski definition) is 3. The van der Waals surface area contributed by atoms with Gasteiger partial charge in [0.1, 0.15) is 6.04 Å². The molecule has 1 heterocycles. The second-order valence-electron chi connectivity index (χ2n) is 5.21. The summed E-state index contributed by atoms with van der Waals surface area (Å²) in [5, 5.41) is 18.1. The normalized spacial score (nSPS) is 17.1. The molecule has 0 radical (unpaired) electrons. The molecule has 21 heavy (non-hydrogen) atoms. The Hall–Kier alpha value is -2.12. The average molecular weight is 296 g/mol. The van der Waals surface area contributed by atoms with E-state index in [1.807, 2.05) is 0 Å². The third kappa shape index (κ3) is 4.73. The first-order valence-electron chi connectivity index (χ1n) is 7.19. The zero-order valence-corrected chi connectivity index (χ0v) is 11.7. The van der Waals surface area contributed by atoms with Crippen molar-refractivity contribution in [1.29, 1.82) is 0 Å². The lowest BCUT2D eigenvalue weighted by atomic mass is 9.84. The van der Waals surface area contributed by atoms with Gasteiger partial charge in [0.2, 0.25) is 6.39 Å². The summed E-state index contributed by atoms with van der Waals surface area (Å²) in [5.41, 5.74) is 0. The zero-order chi connectivity index (χ0) is 15.1. The maximum Gasteiger partial charge on any atom is 0.326 e. The first kappa shape index (κ1) is 15.3. The standard InChI is InChI=1S/C13H20N4O4/c18-12(19)11(9-4-2-1-3-5-9)16-13(20)14-7-6-10-15-8-21-17-10/h8-9,11H,1-7H2,(H,18,19)(H2,14,16,20). The molecule has 3 N–H and O–H groups in total. The van der Waals surface area contributed by atoms with Crippen molar-refractivity contribution < 1.29 is 19.2 Å². The van der Waals surface area contributed by atoms with Crippen molar-refractivity contribution in [3.8, 4) is 0 Å². The molecule has 1 fully saturated rings. The van der Waals surface area contributed by atoms with Crippen LogP contribution in [0.25, 0.3) is 0 Å². The van der Waals surface area contributed by atoms with E-state index in [0.29, 0.717) is 18.8 Å². The van der Waals surface area contributed by atoms with Gasteiger partial charge in [-0.2, -0.15) is 4.98 Å². The van der Waals surface area contributed by atoms with Crippen molar-refractivity contribution in [2.45, 2.75) is 44.6 Å². The van der Waals surface area contributed by atoms with Crippen molar-refractivity contribution in [2.24, 2.45) is 5.92 Å². The monoisotopic (exact) mass is 296 g/mol. The maximum atomic E-state index is 11.8. The molecule has 8 nitrogen and oxygen atoms in total. The van der Waals surface area contributed by atoms with Crippen LogP contribution in [0.5, 0.6) is 0 Å². The largest absolute Gasteiger partial charge is 0.480 e. The van der Waals surface area contributed by atoms with Crippen LogP contribution in [0.15, 0.2) is 10.9 Å². The number of rotatable bonds is 6.